The molecule has 0 saturated heterocycles. The van der Waals surface area contributed by atoms with Gasteiger partial charge < -0.3 is 13.7 Å². The average molecular weight is 806 g/mol. The molecule has 2 aliphatic rings. The van der Waals surface area contributed by atoms with Crippen LogP contribution in [0.1, 0.15) is 44.5 Å². The molecule has 0 unspecified atom stereocenters. The molecule has 2 heterocycles. The van der Waals surface area contributed by atoms with Crippen LogP contribution in [0.5, 0.6) is 0 Å². The summed E-state index contributed by atoms with van der Waals surface area (Å²) in [5.74, 6) is 0. The van der Waals surface area contributed by atoms with E-state index in [1.165, 1.54) is 61.2 Å². The van der Waals surface area contributed by atoms with Gasteiger partial charge in [-0.15, -0.1) is 0 Å². The molecule has 13 rings (SSSR count). The summed E-state index contributed by atoms with van der Waals surface area (Å²) in [4.78, 5) is 2.43. The maximum absolute atomic E-state index is 6.37. The first-order valence-corrected chi connectivity index (χ1v) is 21.6. The van der Waals surface area contributed by atoms with E-state index in [1.54, 1.807) is 6.26 Å². The highest BCUT2D eigenvalue weighted by atomic mass is 16.3. The summed E-state index contributed by atoms with van der Waals surface area (Å²) in [6.45, 7) is 0. The van der Waals surface area contributed by atoms with Crippen LogP contribution in [-0.2, 0) is 10.8 Å². The Kier molecular flexibility index (Phi) is 7.73. The standard InChI is InChI=1S/C60H39NO2/c1-5-15-42(16-6-1)59(43-17-7-2-8-18-43)52-24-14-13-23-49(52)50-29-26-47(38-54(50)59)61(46-28-32-56-41(37-46)34-35-62-56)48-27-30-51-55(39-48)60(44-19-9-3-10-20-44,45-21-11-4-12-22-45)53-31-25-40-33-36-63-58(40)57(51)53/h1-39H. The van der Waals surface area contributed by atoms with E-state index < -0.39 is 10.8 Å². The van der Waals surface area contributed by atoms with Gasteiger partial charge in [0.1, 0.15) is 11.2 Å². The number of anilines is 3. The van der Waals surface area contributed by atoms with Gasteiger partial charge in [0.05, 0.1) is 23.4 Å². The highest BCUT2D eigenvalue weighted by molar-refractivity contribution is 6.02. The fraction of sp³-hybridized carbons (Fsp3) is 0.0333. The summed E-state index contributed by atoms with van der Waals surface area (Å²) in [6, 6.07) is 82.3. The molecule has 0 bridgehead atoms. The first-order valence-electron chi connectivity index (χ1n) is 21.6. The predicted octanol–water partition coefficient (Wildman–Crippen LogP) is 15.4. The van der Waals surface area contributed by atoms with Gasteiger partial charge in [-0.2, -0.15) is 0 Å². The molecule has 3 nitrogen and oxygen atoms in total. The van der Waals surface area contributed by atoms with Gasteiger partial charge in [0.2, 0.25) is 0 Å². The van der Waals surface area contributed by atoms with E-state index in [1.807, 2.05) is 6.26 Å². The molecule has 3 heteroatoms. The van der Waals surface area contributed by atoms with Crippen LogP contribution in [-0.4, -0.2) is 0 Å². The molecular weight excluding hydrogens is 767 g/mol. The van der Waals surface area contributed by atoms with Crippen LogP contribution in [0.2, 0.25) is 0 Å². The van der Waals surface area contributed by atoms with Gasteiger partial charge in [-0.05, 0) is 116 Å². The van der Waals surface area contributed by atoms with Crippen LogP contribution in [0, 0.1) is 0 Å². The average Bonchev–Trinajstić information content (AvgIpc) is 4.15. The SMILES string of the molecule is c1ccc(C2(c3ccccc3)c3ccccc3-c3ccc(N(c4ccc5c(c4)C(c4ccccc4)(c4ccccc4)c4ccc6ccoc6c4-5)c4ccc5occc5c4)cc32)cc1. The molecule has 11 aromatic rings. The molecule has 0 aliphatic heterocycles. The molecule has 0 atom stereocenters. The van der Waals surface area contributed by atoms with Gasteiger partial charge in [-0.3, -0.25) is 0 Å². The van der Waals surface area contributed by atoms with Gasteiger partial charge in [0.15, 0.2) is 0 Å². The number of hydrogen-bond acceptors (Lipinski definition) is 3. The molecule has 9 aromatic carbocycles. The molecular formula is C60H39NO2. The van der Waals surface area contributed by atoms with Crippen LogP contribution >= 0.6 is 0 Å². The molecule has 0 N–H and O–H groups in total. The minimum atomic E-state index is -0.625. The molecule has 2 aromatic heterocycles. The van der Waals surface area contributed by atoms with E-state index in [0.717, 1.165) is 44.6 Å². The summed E-state index contributed by atoms with van der Waals surface area (Å²) in [5, 5.41) is 2.14. The quantitative estimate of drug-likeness (QED) is 0.161. The monoisotopic (exact) mass is 805 g/mol. The minimum absolute atomic E-state index is 0.547. The van der Waals surface area contributed by atoms with Gasteiger partial charge in [0, 0.05) is 33.4 Å². The summed E-state index contributed by atoms with van der Waals surface area (Å²) in [7, 11) is 0. The van der Waals surface area contributed by atoms with Crippen LogP contribution < -0.4 is 4.90 Å². The predicted molar refractivity (Wildman–Crippen MR) is 255 cm³/mol. The summed E-state index contributed by atoms with van der Waals surface area (Å²) in [6.07, 6.45) is 3.59. The first kappa shape index (κ1) is 35.6. The van der Waals surface area contributed by atoms with Gasteiger partial charge in [-0.25, -0.2) is 0 Å². The number of nitrogens with zero attached hydrogens (tertiary/aromatic N) is 1. The normalized spacial score (nSPS) is 14.0. The Morgan fingerprint density at radius 3 is 1.43 bits per heavy atom. The first-order chi connectivity index (χ1) is 31.2. The largest absolute Gasteiger partial charge is 0.464 e. The lowest BCUT2D eigenvalue weighted by molar-refractivity contribution is 0.615. The zero-order chi connectivity index (χ0) is 41.5. The molecule has 0 radical (unpaired) electrons. The van der Waals surface area contributed by atoms with E-state index >= 15 is 0 Å². The summed E-state index contributed by atoms with van der Waals surface area (Å²) >= 11 is 0. The molecule has 0 fully saturated rings. The summed E-state index contributed by atoms with van der Waals surface area (Å²) in [5.41, 5.74) is 18.4. The molecule has 0 spiro atoms. The van der Waals surface area contributed by atoms with Crippen LogP contribution in [0.4, 0.5) is 17.1 Å². The lowest BCUT2D eigenvalue weighted by Gasteiger charge is -2.36. The Bertz CT molecular complexity index is 3430. The number of furan rings is 2. The van der Waals surface area contributed by atoms with Crippen molar-refractivity contribution in [3.63, 3.8) is 0 Å². The lowest BCUT2D eigenvalue weighted by Crippen LogP contribution is -2.29. The van der Waals surface area contributed by atoms with Crippen molar-refractivity contribution in [2.75, 3.05) is 4.90 Å². The topological polar surface area (TPSA) is 29.5 Å². The van der Waals surface area contributed by atoms with Crippen LogP contribution in [0.25, 0.3) is 44.2 Å². The van der Waals surface area contributed by atoms with Crippen molar-refractivity contribution in [2.45, 2.75) is 10.8 Å². The molecule has 296 valence electrons. The smallest absolute Gasteiger partial charge is 0.142 e. The fourth-order valence-electron chi connectivity index (χ4n) is 11.2. The maximum atomic E-state index is 6.37. The van der Waals surface area contributed by atoms with Gasteiger partial charge >= 0.3 is 0 Å². The zero-order valence-electron chi connectivity index (χ0n) is 34.3. The van der Waals surface area contributed by atoms with E-state index in [2.05, 4.69) is 229 Å². The highest BCUT2D eigenvalue weighted by Gasteiger charge is 2.49. The van der Waals surface area contributed by atoms with E-state index in [9.17, 15) is 0 Å². The van der Waals surface area contributed by atoms with Gasteiger partial charge in [0.25, 0.3) is 0 Å². The van der Waals surface area contributed by atoms with Crippen molar-refractivity contribution in [1.29, 1.82) is 0 Å². The van der Waals surface area contributed by atoms with Crippen molar-refractivity contribution in [3.05, 3.63) is 281 Å². The number of benzene rings is 9. The lowest BCUT2D eigenvalue weighted by atomic mass is 9.67. The molecule has 0 amide bonds. The number of fused-ring (bicyclic) bond motifs is 9. The van der Waals surface area contributed by atoms with Crippen molar-refractivity contribution in [2.24, 2.45) is 0 Å². The minimum Gasteiger partial charge on any atom is -0.464 e. The van der Waals surface area contributed by atoms with Crippen molar-refractivity contribution in [1.82, 2.24) is 0 Å². The third kappa shape index (κ3) is 4.96. The Balaban J connectivity index is 1.11. The Morgan fingerprint density at radius 1 is 0.317 bits per heavy atom. The molecule has 63 heavy (non-hydrogen) atoms. The van der Waals surface area contributed by atoms with E-state index in [4.69, 9.17) is 8.83 Å². The van der Waals surface area contributed by atoms with E-state index in [-0.39, 0.29) is 0 Å². The Labute approximate surface area is 365 Å². The third-order valence-electron chi connectivity index (χ3n) is 13.8. The zero-order valence-corrected chi connectivity index (χ0v) is 34.3. The number of hydrogen-bond donors (Lipinski definition) is 0. The second-order valence-electron chi connectivity index (χ2n) is 16.8. The fourth-order valence-corrected chi connectivity index (χ4v) is 11.2. The highest BCUT2D eigenvalue weighted by Crippen LogP contribution is 2.60. The van der Waals surface area contributed by atoms with Crippen LogP contribution in [0.15, 0.2) is 246 Å². The molecule has 2 aliphatic carbocycles. The Morgan fingerprint density at radius 2 is 0.794 bits per heavy atom. The second kappa shape index (κ2) is 13.7. The summed E-state index contributed by atoms with van der Waals surface area (Å²) < 4.78 is 12.3. The van der Waals surface area contributed by atoms with E-state index in [0.29, 0.717) is 0 Å². The van der Waals surface area contributed by atoms with Crippen molar-refractivity contribution >= 4 is 39.0 Å². The van der Waals surface area contributed by atoms with Crippen LogP contribution in [0.3, 0.4) is 0 Å². The van der Waals surface area contributed by atoms with Crippen molar-refractivity contribution < 1.29 is 8.83 Å². The third-order valence-corrected chi connectivity index (χ3v) is 13.8. The second-order valence-corrected chi connectivity index (χ2v) is 16.8. The maximum Gasteiger partial charge on any atom is 0.142 e. The Hall–Kier alpha value is -8.14. The number of rotatable bonds is 7. The molecule has 0 saturated carbocycles. The van der Waals surface area contributed by atoms with Gasteiger partial charge in [-0.1, -0.05) is 170 Å². The van der Waals surface area contributed by atoms with Crippen molar-refractivity contribution in [3.8, 4) is 22.3 Å².